The van der Waals surface area contributed by atoms with Crippen molar-refractivity contribution in [2.24, 2.45) is 11.0 Å². The molecule has 2 aromatic rings. The van der Waals surface area contributed by atoms with E-state index < -0.39 is 11.2 Å². The molecular weight excluding hydrogens is 352 g/mol. The maximum atomic E-state index is 11.8. The van der Waals surface area contributed by atoms with Crippen molar-refractivity contribution in [3.05, 3.63) is 50.7 Å². The molecule has 0 atom stereocenters. The Bertz CT molecular complexity index is 903. The minimum absolute atomic E-state index is 0.0646. The summed E-state index contributed by atoms with van der Waals surface area (Å²) in [7, 11) is 0. The summed E-state index contributed by atoms with van der Waals surface area (Å²) < 4.78 is 5.63. The third kappa shape index (κ3) is 7.14. The Morgan fingerprint density at radius 1 is 1.37 bits per heavy atom. The van der Waals surface area contributed by atoms with Crippen LogP contribution in [0.1, 0.15) is 25.8 Å². The van der Waals surface area contributed by atoms with Gasteiger partial charge in [0.05, 0.1) is 12.8 Å². The summed E-state index contributed by atoms with van der Waals surface area (Å²) in [5, 5.41) is 12.2. The number of benzene rings is 1. The van der Waals surface area contributed by atoms with Gasteiger partial charge in [0.1, 0.15) is 5.75 Å². The molecule has 0 saturated carbocycles. The summed E-state index contributed by atoms with van der Waals surface area (Å²) in [6.07, 6.45) is 1.58. The normalized spacial score (nSPS) is 10.9. The van der Waals surface area contributed by atoms with Crippen LogP contribution in [0.25, 0.3) is 0 Å². The molecule has 0 fully saturated rings. The molecule has 0 unspecified atom stereocenters. The summed E-state index contributed by atoms with van der Waals surface area (Å²) in [4.78, 5) is 36.1. The van der Waals surface area contributed by atoms with Crippen LogP contribution in [-0.2, 0) is 4.79 Å². The number of aromatic amines is 2. The first-order chi connectivity index (χ1) is 12.9. The third-order valence-electron chi connectivity index (χ3n) is 3.20. The molecule has 0 bridgehead atoms. The van der Waals surface area contributed by atoms with E-state index in [9.17, 15) is 14.4 Å². The summed E-state index contributed by atoms with van der Waals surface area (Å²) in [6.45, 7) is 4.91. The number of H-pyrrole nitrogens is 2. The summed E-state index contributed by atoms with van der Waals surface area (Å²) in [6, 6.07) is 7.37. The molecule has 4 N–H and O–H groups in total. The molecule has 144 valence electrons. The first-order valence-corrected chi connectivity index (χ1v) is 8.41. The standard InChI is InChI=1S/C17H22N6O4/c1-11(2)10-27-13-5-3-4-12(8-13)9-19-21-14(24)6-7-18-15-16(25)20-17(26)23-22-15/h3-5,8-9,11H,6-7,10H2,1-2H3,(H,18,22)(H,21,24)(H2,20,23,25,26)/b19-9+. The quantitative estimate of drug-likeness (QED) is 0.371. The molecule has 10 heteroatoms. The summed E-state index contributed by atoms with van der Waals surface area (Å²) in [5.41, 5.74) is 1.83. The van der Waals surface area contributed by atoms with Crippen LogP contribution in [0.2, 0.25) is 0 Å². The molecule has 0 aliphatic rings. The maximum absolute atomic E-state index is 11.8. The molecule has 0 saturated heterocycles. The van der Waals surface area contributed by atoms with Crippen molar-refractivity contribution >= 4 is 17.9 Å². The zero-order valence-corrected chi connectivity index (χ0v) is 15.1. The van der Waals surface area contributed by atoms with E-state index in [4.69, 9.17) is 4.74 Å². The van der Waals surface area contributed by atoms with Gasteiger partial charge in [0, 0.05) is 13.0 Å². The number of nitrogens with zero attached hydrogens (tertiary/aromatic N) is 2. The number of rotatable bonds is 9. The van der Waals surface area contributed by atoms with E-state index in [0.717, 1.165) is 11.3 Å². The van der Waals surface area contributed by atoms with Crippen molar-refractivity contribution in [1.82, 2.24) is 20.6 Å². The Kier molecular flexibility index (Phi) is 7.29. The first-order valence-electron chi connectivity index (χ1n) is 8.41. The van der Waals surface area contributed by atoms with Crippen molar-refractivity contribution in [3.63, 3.8) is 0 Å². The SMILES string of the molecule is CC(C)COc1cccc(/C=N/NC(=O)CCNc2n[nH]c(=O)[nH]c2=O)c1. The highest BCUT2D eigenvalue weighted by Crippen LogP contribution is 2.13. The highest BCUT2D eigenvalue weighted by Gasteiger charge is 2.04. The van der Waals surface area contributed by atoms with Crippen molar-refractivity contribution < 1.29 is 9.53 Å². The largest absolute Gasteiger partial charge is 0.493 e. The van der Waals surface area contributed by atoms with Crippen LogP contribution in [0.4, 0.5) is 5.82 Å². The minimum Gasteiger partial charge on any atom is -0.493 e. The lowest BCUT2D eigenvalue weighted by Crippen LogP contribution is -2.28. The van der Waals surface area contributed by atoms with E-state index in [-0.39, 0.29) is 24.7 Å². The van der Waals surface area contributed by atoms with Gasteiger partial charge in [-0.15, -0.1) is 5.10 Å². The molecule has 0 aliphatic carbocycles. The van der Waals surface area contributed by atoms with Gasteiger partial charge in [0.15, 0.2) is 0 Å². The molecule has 27 heavy (non-hydrogen) atoms. The van der Waals surface area contributed by atoms with Gasteiger partial charge in [-0.3, -0.25) is 14.6 Å². The van der Waals surface area contributed by atoms with Crippen LogP contribution < -0.4 is 26.7 Å². The zero-order valence-electron chi connectivity index (χ0n) is 15.1. The zero-order chi connectivity index (χ0) is 19.6. The van der Waals surface area contributed by atoms with Gasteiger partial charge >= 0.3 is 5.69 Å². The number of nitrogens with one attached hydrogen (secondary N) is 4. The lowest BCUT2D eigenvalue weighted by Gasteiger charge is -2.08. The monoisotopic (exact) mass is 374 g/mol. The molecule has 2 rings (SSSR count). The first kappa shape index (κ1) is 19.9. The van der Waals surface area contributed by atoms with Crippen LogP contribution in [0.15, 0.2) is 39.0 Å². The average molecular weight is 374 g/mol. The van der Waals surface area contributed by atoms with Crippen LogP contribution >= 0.6 is 0 Å². The van der Waals surface area contributed by atoms with Gasteiger partial charge in [-0.1, -0.05) is 26.0 Å². The smallest absolute Gasteiger partial charge is 0.342 e. The predicted molar refractivity (Wildman–Crippen MR) is 101 cm³/mol. The third-order valence-corrected chi connectivity index (χ3v) is 3.20. The minimum atomic E-state index is -0.698. The molecule has 1 amide bonds. The number of aromatic nitrogens is 3. The highest BCUT2D eigenvalue weighted by atomic mass is 16.5. The van der Waals surface area contributed by atoms with Crippen LogP contribution in [0.5, 0.6) is 5.75 Å². The number of amides is 1. The Hall–Kier alpha value is -3.43. The second-order valence-electron chi connectivity index (χ2n) is 6.10. The van der Waals surface area contributed by atoms with Gasteiger partial charge in [0.25, 0.3) is 5.56 Å². The van der Waals surface area contributed by atoms with Crippen LogP contribution in [0.3, 0.4) is 0 Å². The summed E-state index contributed by atoms with van der Waals surface area (Å²) in [5.74, 6) is 0.759. The number of carbonyl (C=O) groups is 1. The molecule has 0 radical (unpaired) electrons. The predicted octanol–water partition coefficient (Wildman–Crippen LogP) is 0.445. The van der Waals surface area contributed by atoms with E-state index in [1.807, 2.05) is 29.2 Å². The number of carbonyl (C=O) groups excluding carboxylic acids is 1. The van der Waals surface area contributed by atoms with Gasteiger partial charge in [-0.25, -0.2) is 15.3 Å². The molecule has 0 spiro atoms. The van der Waals surface area contributed by atoms with E-state index >= 15 is 0 Å². The van der Waals surface area contributed by atoms with Gasteiger partial charge in [0.2, 0.25) is 11.7 Å². The Morgan fingerprint density at radius 2 is 2.19 bits per heavy atom. The van der Waals surface area contributed by atoms with Gasteiger partial charge in [-0.05, 0) is 23.6 Å². The second-order valence-corrected chi connectivity index (χ2v) is 6.10. The van der Waals surface area contributed by atoms with Crippen molar-refractivity contribution in [2.75, 3.05) is 18.5 Å². The lowest BCUT2D eigenvalue weighted by molar-refractivity contribution is -0.120. The number of anilines is 1. The number of ether oxygens (including phenoxy) is 1. The Labute approximate surface area is 155 Å². The van der Waals surface area contributed by atoms with Crippen LogP contribution in [-0.4, -0.2) is 40.5 Å². The fourth-order valence-corrected chi connectivity index (χ4v) is 1.94. The molecular formula is C17H22N6O4. The van der Waals surface area contributed by atoms with Crippen LogP contribution in [0, 0.1) is 5.92 Å². The van der Waals surface area contributed by atoms with Crippen molar-refractivity contribution in [3.8, 4) is 5.75 Å². The number of hydrogen-bond acceptors (Lipinski definition) is 7. The van der Waals surface area contributed by atoms with E-state index in [1.165, 1.54) is 6.21 Å². The number of hydrazone groups is 1. The highest BCUT2D eigenvalue weighted by molar-refractivity contribution is 5.82. The van der Waals surface area contributed by atoms with E-state index in [2.05, 4.69) is 39.9 Å². The fourth-order valence-electron chi connectivity index (χ4n) is 1.94. The van der Waals surface area contributed by atoms with E-state index in [1.54, 1.807) is 0 Å². The Balaban J connectivity index is 1.77. The van der Waals surface area contributed by atoms with Crippen molar-refractivity contribution in [2.45, 2.75) is 20.3 Å². The topological polar surface area (TPSA) is 141 Å². The maximum Gasteiger partial charge on any atom is 0.342 e. The number of hydrogen-bond donors (Lipinski definition) is 4. The lowest BCUT2D eigenvalue weighted by atomic mass is 10.2. The second kappa shape index (κ2) is 9.90. The molecule has 1 aromatic heterocycles. The molecule has 10 nitrogen and oxygen atoms in total. The molecule has 0 aliphatic heterocycles. The summed E-state index contributed by atoms with van der Waals surface area (Å²) >= 11 is 0. The van der Waals surface area contributed by atoms with Crippen molar-refractivity contribution in [1.29, 1.82) is 0 Å². The Morgan fingerprint density at radius 3 is 2.93 bits per heavy atom. The molecule has 1 aromatic carbocycles. The molecule has 1 heterocycles. The van der Waals surface area contributed by atoms with Gasteiger partial charge in [-0.2, -0.15) is 5.10 Å². The average Bonchev–Trinajstić information content (AvgIpc) is 2.62. The van der Waals surface area contributed by atoms with E-state index in [0.29, 0.717) is 12.5 Å². The van der Waals surface area contributed by atoms with Gasteiger partial charge < -0.3 is 10.1 Å². The fraction of sp³-hybridized carbons (Fsp3) is 0.353.